The molecule has 0 bridgehead atoms. The van der Waals surface area contributed by atoms with Gasteiger partial charge in [0.1, 0.15) is 11.5 Å². The normalized spacial score (nSPS) is 17.7. The average Bonchev–Trinajstić information content (AvgIpc) is 3.05. The quantitative estimate of drug-likeness (QED) is 0.232. The van der Waals surface area contributed by atoms with Crippen LogP contribution in [0.3, 0.4) is 0 Å². The van der Waals surface area contributed by atoms with E-state index >= 15 is 0 Å². The summed E-state index contributed by atoms with van der Waals surface area (Å²) in [6.07, 6.45) is -4.88. The third-order valence-electron chi connectivity index (χ3n) is 5.34. The van der Waals surface area contributed by atoms with E-state index in [9.17, 15) is 27.9 Å². The first kappa shape index (κ1) is 24.6. The van der Waals surface area contributed by atoms with Crippen molar-refractivity contribution in [2.24, 2.45) is 0 Å². The Kier molecular flexibility index (Phi) is 6.53. The first-order valence-electron chi connectivity index (χ1n) is 10.1. The lowest BCUT2D eigenvalue weighted by molar-refractivity contribution is -0.274. The van der Waals surface area contributed by atoms with E-state index in [1.807, 2.05) is 13.0 Å². The lowest BCUT2D eigenvalue weighted by Gasteiger charge is -2.26. The second-order valence-corrected chi connectivity index (χ2v) is 8.57. The molecule has 1 heterocycles. The Balaban J connectivity index is 1.87. The van der Waals surface area contributed by atoms with Crippen LogP contribution in [0.5, 0.6) is 5.75 Å². The van der Waals surface area contributed by atoms with E-state index in [0.29, 0.717) is 5.56 Å². The molecule has 1 N–H and O–H groups in total. The maximum atomic E-state index is 13.1. The van der Waals surface area contributed by atoms with Crippen molar-refractivity contribution < 1.29 is 32.6 Å². The number of nitrogens with zero attached hydrogens (tertiary/aromatic N) is 1. The number of amides is 1. The number of carbonyl (C=O) groups is 2. The highest BCUT2D eigenvalue weighted by Crippen LogP contribution is 2.43. The predicted octanol–water partition coefficient (Wildman–Crippen LogP) is 6.83. The summed E-state index contributed by atoms with van der Waals surface area (Å²) in [6, 6.07) is 14.7. The second kappa shape index (κ2) is 9.28. The van der Waals surface area contributed by atoms with Crippen molar-refractivity contribution in [3.05, 3.63) is 99.0 Å². The third-order valence-corrected chi connectivity index (χ3v) is 6.08. The fourth-order valence-electron chi connectivity index (χ4n) is 3.86. The van der Waals surface area contributed by atoms with E-state index in [4.69, 9.17) is 23.2 Å². The van der Waals surface area contributed by atoms with Crippen LogP contribution in [0.4, 0.5) is 18.9 Å². The number of hydrogen-bond acceptors (Lipinski definition) is 4. The Labute approximate surface area is 207 Å². The Morgan fingerprint density at radius 3 is 2.26 bits per heavy atom. The maximum absolute atomic E-state index is 13.1. The minimum absolute atomic E-state index is 0.136. The maximum Gasteiger partial charge on any atom is 0.573 e. The summed E-state index contributed by atoms with van der Waals surface area (Å²) in [5, 5.41) is 11.5. The van der Waals surface area contributed by atoms with Gasteiger partial charge in [-0.2, -0.15) is 0 Å². The fourth-order valence-corrected chi connectivity index (χ4v) is 4.16. The number of rotatable bonds is 4. The summed E-state index contributed by atoms with van der Waals surface area (Å²) in [5.74, 6) is -2.87. The number of Topliss-reactive ketones (excluding diaryl/α,β-unsaturated/α-hetero) is 1. The zero-order chi connectivity index (χ0) is 25.5. The summed E-state index contributed by atoms with van der Waals surface area (Å²) in [5.41, 5.74) is 1.46. The first-order chi connectivity index (χ1) is 16.5. The second-order valence-electron chi connectivity index (χ2n) is 7.75. The molecule has 180 valence electrons. The van der Waals surface area contributed by atoms with Crippen LogP contribution in [0.2, 0.25) is 10.0 Å². The van der Waals surface area contributed by atoms with Gasteiger partial charge in [-0.05, 0) is 55.0 Å². The van der Waals surface area contributed by atoms with Crippen LogP contribution in [0.1, 0.15) is 22.7 Å². The number of aliphatic hydroxyl groups excluding tert-OH is 1. The van der Waals surface area contributed by atoms with Crippen molar-refractivity contribution in [1.29, 1.82) is 0 Å². The molecular formula is C25H16Cl2F3NO4. The zero-order valence-electron chi connectivity index (χ0n) is 17.9. The fraction of sp³-hybridized carbons (Fsp3) is 0.120. The van der Waals surface area contributed by atoms with E-state index in [1.165, 1.54) is 30.3 Å². The summed E-state index contributed by atoms with van der Waals surface area (Å²) in [6.45, 7) is 1.82. The summed E-state index contributed by atoms with van der Waals surface area (Å²) in [4.78, 5) is 27.4. The molecule has 0 radical (unpaired) electrons. The molecule has 3 aromatic rings. The molecule has 1 fully saturated rings. The number of aryl methyl sites for hydroxylation is 1. The van der Waals surface area contributed by atoms with E-state index in [0.717, 1.165) is 22.6 Å². The number of anilines is 1. The minimum Gasteiger partial charge on any atom is -0.507 e. The van der Waals surface area contributed by atoms with Crippen molar-refractivity contribution in [2.45, 2.75) is 19.3 Å². The number of carbonyl (C=O) groups excluding carboxylic acids is 2. The van der Waals surface area contributed by atoms with Gasteiger partial charge in [0.05, 0.1) is 21.7 Å². The SMILES string of the molecule is Cc1cccc(C2/C(=C(/O)c3ccc(Cl)c(Cl)c3)C(=O)C(=O)N2c2ccc(OC(F)(F)F)cc2)c1. The predicted molar refractivity (Wildman–Crippen MR) is 126 cm³/mol. The highest BCUT2D eigenvalue weighted by molar-refractivity contribution is 6.51. The van der Waals surface area contributed by atoms with Crippen LogP contribution in [0.15, 0.2) is 72.3 Å². The van der Waals surface area contributed by atoms with Crippen LogP contribution in [0.25, 0.3) is 5.76 Å². The highest BCUT2D eigenvalue weighted by Gasteiger charge is 2.47. The van der Waals surface area contributed by atoms with Gasteiger partial charge in [-0.15, -0.1) is 13.2 Å². The molecule has 0 spiro atoms. The Bertz CT molecular complexity index is 1350. The van der Waals surface area contributed by atoms with Crippen molar-refractivity contribution in [1.82, 2.24) is 0 Å². The standard InChI is InChI=1S/C25H16Cl2F3NO4/c1-13-3-2-4-14(11-13)21-20(22(32)15-5-10-18(26)19(27)12-15)23(33)24(34)31(21)16-6-8-17(9-7-16)35-25(28,29)30/h2-12,21,32H,1H3/b22-20-. The smallest absolute Gasteiger partial charge is 0.507 e. The Morgan fingerprint density at radius 2 is 1.66 bits per heavy atom. The van der Waals surface area contributed by atoms with Crippen LogP contribution in [-0.2, 0) is 9.59 Å². The Morgan fingerprint density at radius 1 is 0.971 bits per heavy atom. The molecule has 10 heteroatoms. The van der Waals surface area contributed by atoms with Gasteiger partial charge in [-0.1, -0.05) is 53.0 Å². The van der Waals surface area contributed by atoms with Gasteiger partial charge in [0.2, 0.25) is 0 Å². The van der Waals surface area contributed by atoms with E-state index < -0.39 is 35.6 Å². The monoisotopic (exact) mass is 521 g/mol. The van der Waals surface area contributed by atoms with E-state index in [-0.39, 0.29) is 26.9 Å². The van der Waals surface area contributed by atoms with Crippen LogP contribution >= 0.6 is 23.2 Å². The molecule has 1 aliphatic rings. The number of halogens is 5. The topological polar surface area (TPSA) is 66.8 Å². The summed E-state index contributed by atoms with van der Waals surface area (Å²) < 4.78 is 41.5. The molecule has 1 unspecified atom stereocenters. The van der Waals surface area contributed by atoms with Crippen molar-refractivity contribution in [2.75, 3.05) is 4.90 Å². The number of ether oxygens (including phenoxy) is 1. The molecule has 1 atom stereocenters. The van der Waals surface area contributed by atoms with Gasteiger partial charge < -0.3 is 9.84 Å². The van der Waals surface area contributed by atoms with Gasteiger partial charge in [0.25, 0.3) is 11.7 Å². The zero-order valence-corrected chi connectivity index (χ0v) is 19.4. The summed E-state index contributed by atoms with van der Waals surface area (Å²) in [7, 11) is 0. The lowest BCUT2D eigenvalue weighted by Crippen LogP contribution is -2.29. The molecular weight excluding hydrogens is 506 g/mol. The van der Waals surface area contributed by atoms with Gasteiger partial charge in [-0.3, -0.25) is 14.5 Å². The van der Waals surface area contributed by atoms with Gasteiger partial charge >= 0.3 is 6.36 Å². The molecule has 0 aliphatic carbocycles. The highest BCUT2D eigenvalue weighted by atomic mass is 35.5. The molecule has 1 amide bonds. The lowest BCUT2D eigenvalue weighted by atomic mass is 9.94. The van der Waals surface area contributed by atoms with Gasteiger partial charge in [0, 0.05) is 11.3 Å². The van der Waals surface area contributed by atoms with Gasteiger partial charge in [0.15, 0.2) is 0 Å². The number of alkyl halides is 3. The Hall–Kier alpha value is -3.49. The molecule has 3 aromatic carbocycles. The first-order valence-corrected chi connectivity index (χ1v) is 10.9. The largest absolute Gasteiger partial charge is 0.573 e. The van der Waals surface area contributed by atoms with Crippen LogP contribution in [-0.4, -0.2) is 23.2 Å². The molecule has 5 nitrogen and oxygen atoms in total. The molecule has 0 saturated carbocycles. The van der Waals surface area contributed by atoms with Crippen molar-refractivity contribution in [3.8, 4) is 5.75 Å². The number of benzene rings is 3. The van der Waals surface area contributed by atoms with Crippen LogP contribution < -0.4 is 9.64 Å². The molecule has 35 heavy (non-hydrogen) atoms. The third kappa shape index (κ3) is 4.99. The van der Waals surface area contributed by atoms with Crippen LogP contribution in [0, 0.1) is 6.92 Å². The van der Waals surface area contributed by atoms with E-state index in [1.54, 1.807) is 18.2 Å². The molecule has 0 aromatic heterocycles. The van der Waals surface area contributed by atoms with Gasteiger partial charge in [-0.25, -0.2) is 0 Å². The number of ketones is 1. The minimum atomic E-state index is -4.88. The van der Waals surface area contributed by atoms with Crippen molar-refractivity contribution >= 4 is 46.3 Å². The number of aliphatic hydroxyl groups is 1. The van der Waals surface area contributed by atoms with Crippen molar-refractivity contribution in [3.63, 3.8) is 0 Å². The molecule has 4 rings (SSSR count). The number of hydrogen-bond donors (Lipinski definition) is 1. The summed E-state index contributed by atoms with van der Waals surface area (Å²) >= 11 is 12.0. The molecule has 1 aliphatic heterocycles. The average molecular weight is 522 g/mol. The molecule has 1 saturated heterocycles. The van der Waals surface area contributed by atoms with E-state index in [2.05, 4.69) is 4.74 Å².